The van der Waals surface area contributed by atoms with Gasteiger partial charge in [0.1, 0.15) is 5.75 Å². The molecule has 5 heteroatoms. The summed E-state index contributed by atoms with van der Waals surface area (Å²) >= 11 is 7.62. The number of halogens is 1. The maximum atomic E-state index is 5.99. The lowest BCUT2D eigenvalue weighted by molar-refractivity contribution is 0.411. The summed E-state index contributed by atoms with van der Waals surface area (Å²) in [7, 11) is 1.65. The fourth-order valence-corrected chi connectivity index (χ4v) is 2.65. The number of ether oxygens (including phenoxy) is 1. The van der Waals surface area contributed by atoms with E-state index < -0.39 is 0 Å². The van der Waals surface area contributed by atoms with Crippen molar-refractivity contribution in [2.45, 2.75) is 10.6 Å². The van der Waals surface area contributed by atoms with E-state index in [0.29, 0.717) is 10.7 Å². The molecular formula is C13H13ClN2OS. The van der Waals surface area contributed by atoms with Crippen molar-refractivity contribution in [2.75, 3.05) is 12.8 Å². The monoisotopic (exact) mass is 280 g/mol. The van der Waals surface area contributed by atoms with Gasteiger partial charge in [0.15, 0.2) is 0 Å². The number of hydrogen-bond donors (Lipinski definition) is 1. The van der Waals surface area contributed by atoms with E-state index in [1.54, 1.807) is 31.3 Å². The molecule has 2 aromatic rings. The van der Waals surface area contributed by atoms with Gasteiger partial charge < -0.3 is 10.5 Å². The third-order valence-corrected chi connectivity index (χ3v) is 3.81. The summed E-state index contributed by atoms with van der Waals surface area (Å²) in [4.78, 5) is 4.97. The van der Waals surface area contributed by atoms with Crippen LogP contribution in [0.3, 0.4) is 0 Å². The molecule has 0 spiro atoms. The van der Waals surface area contributed by atoms with Crippen molar-refractivity contribution in [1.29, 1.82) is 0 Å². The number of aromatic nitrogens is 1. The van der Waals surface area contributed by atoms with Gasteiger partial charge in [-0.05, 0) is 24.3 Å². The van der Waals surface area contributed by atoms with Crippen LogP contribution in [0.2, 0.25) is 5.02 Å². The third-order valence-electron chi connectivity index (χ3n) is 2.44. The van der Waals surface area contributed by atoms with Gasteiger partial charge in [0.25, 0.3) is 0 Å². The number of nitrogens with zero attached hydrogens (tertiary/aromatic N) is 1. The topological polar surface area (TPSA) is 48.1 Å². The molecular weight excluding hydrogens is 268 g/mol. The largest absolute Gasteiger partial charge is 0.496 e. The van der Waals surface area contributed by atoms with Crippen LogP contribution >= 0.6 is 23.4 Å². The Labute approximate surface area is 115 Å². The van der Waals surface area contributed by atoms with E-state index in [9.17, 15) is 0 Å². The number of anilines is 1. The maximum Gasteiger partial charge on any atom is 0.123 e. The first kappa shape index (κ1) is 13.1. The summed E-state index contributed by atoms with van der Waals surface area (Å²) < 4.78 is 5.30. The normalized spacial score (nSPS) is 10.3. The molecule has 0 aliphatic heterocycles. The van der Waals surface area contributed by atoms with Gasteiger partial charge in [-0.15, -0.1) is 11.8 Å². The lowest BCUT2D eigenvalue weighted by atomic mass is 10.2. The lowest BCUT2D eigenvalue weighted by Crippen LogP contribution is -1.92. The zero-order valence-electron chi connectivity index (χ0n) is 9.89. The highest BCUT2D eigenvalue weighted by molar-refractivity contribution is 7.98. The molecule has 0 aliphatic carbocycles. The second-order valence-electron chi connectivity index (χ2n) is 3.66. The summed E-state index contributed by atoms with van der Waals surface area (Å²) in [6.45, 7) is 0. The molecule has 2 rings (SSSR count). The van der Waals surface area contributed by atoms with E-state index in [1.807, 2.05) is 24.3 Å². The number of hydrogen-bond acceptors (Lipinski definition) is 4. The Hall–Kier alpha value is -1.39. The van der Waals surface area contributed by atoms with Gasteiger partial charge in [0.05, 0.1) is 19.0 Å². The highest BCUT2D eigenvalue weighted by atomic mass is 35.5. The van der Waals surface area contributed by atoms with Crippen molar-refractivity contribution in [3.8, 4) is 5.75 Å². The average molecular weight is 281 g/mol. The molecule has 0 atom stereocenters. The first-order valence-electron chi connectivity index (χ1n) is 5.35. The first-order chi connectivity index (χ1) is 8.70. The van der Waals surface area contributed by atoms with Crippen molar-refractivity contribution in [2.24, 2.45) is 0 Å². The Kier molecular flexibility index (Phi) is 4.33. The van der Waals surface area contributed by atoms with E-state index in [0.717, 1.165) is 22.0 Å². The highest BCUT2D eigenvalue weighted by Crippen LogP contribution is 2.32. The fraction of sp³-hybridized carbons (Fsp3) is 0.154. The molecule has 0 fully saturated rings. The van der Waals surface area contributed by atoms with Gasteiger partial charge in [-0.25, -0.2) is 0 Å². The predicted molar refractivity (Wildman–Crippen MR) is 76.2 cm³/mol. The Morgan fingerprint density at radius 3 is 2.94 bits per heavy atom. The number of thioether (sulfide) groups is 1. The van der Waals surface area contributed by atoms with Crippen molar-refractivity contribution in [3.05, 3.63) is 47.2 Å². The SMILES string of the molecule is COc1ccc(Cl)cc1CSc1ccncc1N. The van der Waals surface area contributed by atoms with Crippen LogP contribution in [0.25, 0.3) is 0 Å². The summed E-state index contributed by atoms with van der Waals surface area (Å²) in [6.07, 6.45) is 3.38. The Balaban J connectivity index is 2.15. The standard InChI is InChI=1S/C13H13ClN2OS/c1-17-12-3-2-10(14)6-9(12)8-18-13-4-5-16-7-11(13)15/h2-7H,8,15H2,1H3. The minimum Gasteiger partial charge on any atom is -0.496 e. The number of nitrogen functional groups attached to an aromatic ring is 1. The highest BCUT2D eigenvalue weighted by Gasteiger charge is 2.06. The molecule has 0 saturated heterocycles. The molecule has 1 heterocycles. The Morgan fingerprint density at radius 2 is 2.22 bits per heavy atom. The zero-order chi connectivity index (χ0) is 13.0. The van der Waals surface area contributed by atoms with E-state index >= 15 is 0 Å². The van der Waals surface area contributed by atoms with Crippen molar-refractivity contribution >= 4 is 29.1 Å². The number of rotatable bonds is 4. The lowest BCUT2D eigenvalue weighted by Gasteiger charge is -2.09. The molecule has 18 heavy (non-hydrogen) atoms. The van der Waals surface area contributed by atoms with Gasteiger partial charge in [0, 0.05) is 27.4 Å². The van der Waals surface area contributed by atoms with Crippen LogP contribution in [-0.4, -0.2) is 12.1 Å². The molecule has 3 nitrogen and oxygen atoms in total. The quantitative estimate of drug-likeness (QED) is 0.869. The molecule has 0 bridgehead atoms. The molecule has 2 N–H and O–H groups in total. The van der Waals surface area contributed by atoms with Crippen LogP contribution in [0, 0.1) is 0 Å². The molecule has 1 aromatic heterocycles. The predicted octanol–water partition coefficient (Wildman–Crippen LogP) is 3.62. The number of pyridine rings is 1. The molecule has 0 aliphatic rings. The number of methoxy groups -OCH3 is 1. The minimum absolute atomic E-state index is 0.684. The minimum atomic E-state index is 0.684. The van der Waals surface area contributed by atoms with Gasteiger partial charge in [-0.1, -0.05) is 11.6 Å². The summed E-state index contributed by atoms with van der Waals surface area (Å²) in [6, 6.07) is 7.49. The van der Waals surface area contributed by atoms with Gasteiger partial charge in [-0.2, -0.15) is 0 Å². The van der Waals surface area contributed by atoms with Gasteiger partial charge in [-0.3, -0.25) is 4.98 Å². The molecule has 0 amide bonds. The van der Waals surface area contributed by atoms with Gasteiger partial charge in [0.2, 0.25) is 0 Å². The van der Waals surface area contributed by atoms with Crippen molar-refractivity contribution < 1.29 is 4.74 Å². The summed E-state index contributed by atoms with van der Waals surface area (Å²) in [5.74, 6) is 1.58. The van der Waals surface area contributed by atoms with E-state index in [2.05, 4.69) is 4.98 Å². The second kappa shape index (κ2) is 5.98. The third kappa shape index (κ3) is 3.09. The van der Waals surface area contributed by atoms with E-state index in [4.69, 9.17) is 22.1 Å². The molecule has 0 unspecified atom stereocenters. The first-order valence-corrected chi connectivity index (χ1v) is 6.72. The van der Waals surface area contributed by atoms with Crippen LogP contribution in [0.1, 0.15) is 5.56 Å². The fourth-order valence-electron chi connectivity index (χ4n) is 1.54. The summed E-state index contributed by atoms with van der Waals surface area (Å²) in [5, 5.41) is 0.703. The molecule has 0 radical (unpaired) electrons. The van der Waals surface area contributed by atoms with Crippen LogP contribution in [0.15, 0.2) is 41.6 Å². The number of nitrogens with two attached hydrogens (primary N) is 1. The summed E-state index contributed by atoms with van der Waals surface area (Å²) in [5.41, 5.74) is 7.58. The smallest absolute Gasteiger partial charge is 0.123 e. The maximum absolute atomic E-state index is 5.99. The average Bonchev–Trinajstić information content (AvgIpc) is 2.38. The van der Waals surface area contributed by atoms with Crippen LogP contribution in [0.5, 0.6) is 5.75 Å². The van der Waals surface area contributed by atoms with Crippen LogP contribution in [0.4, 0.5) is 5.69 Å². The molecule has 1 aromatic carbocycles. The van der Waals surface area contributed by atoms with E-state index in [-0.39, 0.29) is 0 Å². The number of benzene rings is 1. The second-order valence-corrected chi connectivity index (χ2v) is 5.11. The van der Waals surface area contributed by atoms with Crippen LogP contribution in [-0.2, 0) is 5.75 Å². The molecule has 0 saturated carbocycles. The van der Waals surface area contributed by atoms with Crippen molar-refractivity contribution in [1.82, 2.24) is 4.98 Å². The van der Waals surface area contributed by atoms with Gasteiger partial charge >= 0.3 is 0 Å². The Morgan fingerprint density at radius 1 is 1.39 bits per heavy atom. The van der Waals surface area contributed by atoms with Crippen molar-refractivity contribution in [3.63, 3.8) is 0 Å². The molecule has 94 valence electrons. The van der Waals surface area contributed by atoms with Crippen LogP contribution < -0.4 is 10.5 Å². The Bertz CT molecular complexity index is 548. The van der Waals surface area contributed by atoms with E-state index in [1.165, 1.54) is 0 Å². The zero-order valence-corrected chi connectivity index (χ0v) is 11.5.